The maximum atomic E-state index is 12.6. The number of thioether (sulfide) groups is 1. The van der Waals surface area contributed by atoms with Crippen LogP contribution in [0.2, 0.25) is 0 Å². The molecule has 2 heterocycles. The summed E-state index contributed by atoms with van der Waals surface area (Å²) in [5.41, 5.74) is 5.43. The van der Waals surface area contributed by atoms with Crippen molar-refractivity contribution in [1.82, 2.24) is 19.3 Å². The Balaban J connectivity index is 1.48. The molecule has 1 amide bonds. The average Bonchev–Trinajstić information content (AvgIpc) is 3.18. The van der Waals surface area contributed by atoms with Crippen molar-refractivity contribution in [2.24, 2.45) is 7.05 Å². The number of hydrogen-bond donors (Lipinski definition) is 1. The van der Waals surface area contributed by atoms with Crippen LogP contribution in [0.3, 0.4) is 0 Å². The third kappa shape index (κ3) is 3.41. The molecule has 0 spiro atoms. The van der Waals surface area contributed by atoms with Gasteiger partial charge in [0.1, 0.15) is 0 Å². The largest absolute Gasteiger partial charge is 0.322 e. The highest BCUT2D eigenvalue weighted by Crippen LogP contribution is 2.25. The second-order valence-corrected chi connectivity index (χ2v) is 7.51. The van der Waals surface area contributed by atoms with Crippen LogP contribution in [0.5, 0.6) is 0 Å². The first-order valence-corrected chi connectivity index (χ1v) is 9.99. The summed E-state index contributed by atoms with van der Waals surface area (Å²) in [5.74, 6) is 0.211. The average molecular weight is 392 g/mol. The molecule has 4 rings (SSSR count). The van der Waals surface area contributed by atoms with Crippen LogP contribution in [-0.2, 0) is 11.8 Å². The topological polar surface area (TPSA) is 64.7 Å². The fourth-order valence-electron chi connectivity index (χ4n) is 3.20. The van der Waals surface area contributed by atoms with E-state index in [1.165, 1.54) is 11.8 Å². The van der Waals surface area contributed by atoms with Crippen LogP contribution in [0.15, 0.2) is 59.8 Å². The molecule has 6 nitrogen and oxygen atoms in total. The molecule has 7 heteroatoms. The van der Waals surface area contributed by atoms with E-state index in [0.29, 0.717) is 0 Å². The number of aryl methyl sites for hydroxylation is 2. The summed E-state index contributed by atoms with van der Waals surface area (Å²) in [6, 6.07) is 17.8. The number of nitrogens with one attached hydrogen (secondary N) is 1. The Morgan fingerprint density at radius 1 is 1.07 bits per heavy atom. The zero-order chi connectivity index (χ0) is 19.7. The van der Waals surface area contributed by atoms with Gasteiger partial charge in [0.25, 0.3) is 0 Å². The summed E-state index contributed by atoms with van der Waals surface area (Å²) >= 11 is 1.43. The van der Waals surface area contributed by atoms with Crippen molar-refractivity contribution in [3.8, 4) is 5.69 Å². The van der Waals surface area contributed by atoms with Crippen LogP contribution < -0.4 is 5.32 Å². The van der Waals surface area contributed by atoms with Crippen molar-refractivity contribution in [3.05, 3.63) is 66.0 Å². The maximum Gasteiger partial charge on any atom is 0.234 e. The fourth-order valence-corrected chi connectivity index (χ4v) is 3.99. The number of fused-ring (bicyclic) bond motifs is 1. The van der Waals surface area contributed by atoms with Gasteiger partial charge in [0, 0.05) is 7.05 Å². The lowest BCUT2D eigenvalue weighted by Crippen LogP contribution is -2.15. The lowest BCUT2D eigenvalue weighted by molar-refractivity contribution is -0.113. The number of aromatic nitrogens is 4. The lowest BCUT2D eigenvalue weighted by Gasteiger charge is -2.07. The molecule has 0 saturated heterocycles. The molecule has 0 saturated carbocycles. The first kappa shape index (κ1) is 18.3. The van der Waals surface area contributed by atoms with Crippen molar-refractivity contribution >= 4 is 34.4 Å². The quantitative estimate of drug-likeness (QED) is 0.520. The summed E-state index contributed by atoms with van der Waals surface area (Å²) in [6.45, 7) is 3.86. The Morgan fingerprint density at radius 2 is 1.79 bits per heavy atom. The number of benzene rings is 2. The molecule has 0 aliphatic rings. The van der Waals surface area contributed by atoms with Crippen LogP contribution in [0, 0.1) is 13.8 Å². The third-order valence-electron chi connectivity index (χ3n) is 4.63. The highest BCUT2D eigenvalue weighted by atomic mass is 32.2. The number of para-hydroxylation sites is 3. The van der Waals surface area contributed by atoms with E-state index in [4.69, 9.17) is 0 Å². The van der Waals surface area contributed by atoms with Gasteiger partial charge < -0.3 is 9.88 Å². The second kappa shape index (κ2) is 7.52. The first-order chi connectivity index (χ1) is 13.5. The number of imidazole rings is 1. The molecule has 4 aromatic rings. The number of rotatable bonds is 5. The van der Waals surface area contributed by atoms with Gasteiger partial charge in [-0.25, -0.2) is 9.67 Å². The van der Waals surface area contributed by atoms with E-state index in [1.807, 2.05) is 84.7 Å². The monoisotopic (exact) mass is 391 g/mol. The van der Waals surface area contributed by atoms with Gasteiger partial charge in [0.05, 0.1) is 39.5 Å². The first-order valence-electron chi connectivity index (χ1n) is 9.00. The summed E-state index contributed by atoms with van der Waals surface area (Å²) in [5, 5.41) is 8.41. The van der Waals surface area contributed by atoms with Gasteiger partial charge in [-0.05, 0) is 38.1 Å². The fraction of sp³-hybridized carbons (Fsp3) is 0.190. The van der Waals surface area contributed by atoms with E-state index < -0.39 is 0 Å². The van der Waals surface area contributed by atoms with E-state index in [9.17, 15) is 4.79 Å². The molecular formula is C21H21N5OS. The van der Waals surface area contributed by atoms with Gasteiger partial charge in [0.15, 0.2) is 5.16 Å². The molecule has 28 heavy (non-hydrogen) atoms. The van der Waals surface area contributed by atoms with Crippen molar-refractivity contribution in [3.63, 3.8) is 0 Å². The summed E-state index contributed by atoms with van der Waals surface area (Å²) in [7, 11) is 1.97. The molecule has 0 atom stereocenters. The standard InChI is InChI=1S/C21H21N5OS/c1-14-20(15(2)26(24-14)16-9-5-4-6-10-16)23-19(27)13-28-21-22-17-11-7-8-12-18(17)25(21)3/h4-12H,13H2,1-3H3,(H,23,27). The molecule has 0 unspecified atom stereocenters. The van der Waals surface area contributed by atoms with Gasteiger partial charge in [-0.2, -0.15) is 5.10 Å². The van der Waals surface area contributed by atoms with Crippen molar-refractivity contribution in [2.75, 3.05) is 11.1 Å². The van der Waals surface area contributed by atoms with Crippen molar-refractivity contribution in [2.45, 2.75) is 19.0 Å². The Kier molecular flexibility index (Phi) is 4.92. The van der Waals surface area contributed by atoms with Gasteiger partial charge in [-0.1, -0.05) is 42.1 Å². The predicted molar refractivity (Wildman–Crippen MR) is 113 cm³/mol. The Labute approximate surface area is 167 Å². The molecule has 142 valence electrons. The minimum absolute atomic E-state index is 0.0733. The number of carbonyl (C=O) groups excluding carboxylic acids is 1. The van der Waals surface area contributed by atoms with E-state index >= 15 is 0 Å². The Hall–Kier alpha value is -3.06. The van der Waals surface area contributed by atoms with E-state index in [1.54, 1.807) is 0 Å². The number of nitrogens with zero attached hydrogens (tertiary/aromatic N) is 4. The molecule has 2 aromatic heterocycles. The minimum atomic E-state index is -0.0733. The van der Waals surface area contributed by atoms with Crippen LogP contribution >= 0.6 is 11.8 Å². The van der Waals surface area contributed by atoms with E-state index in [-0.39, 0.29) is 11.7 Å². The third-order valence-corrected chi connectivity index (χ3v) is 5.66. The highest BCUT2D eigenvalue weighted by Gasteiger charge is 2.16. The van der Waals surface area contributed by atoms with Crippen LogP contribution in [0.1, 0.15) is 11.4 Å². The summed E-state index contributed by atoms with van der Waals surface area (Å²) in [4.78, 5) is 17.2. The molecule has 2 aromatic carbocycles. The van der Waals surface area contributed by atoms with E-state index in [0.717, 1.165) is 39.0 Å². The predicted octanol–water partition coefficient (Wildman–Crippen LogP) is 4.11. The molecular weight excluding hydrogens is 370 g/mol. The van der Waals surface area contributed by atoms with Gasteiger partial charge >= 0.3 is 0 Å². The van der Waals surface area contributed by atoms with Crippen LogP contribution in [0.4, 0.5) is 5.69 Å². The van der Waals surface area contributed by atoms with Crippen molar-refractivity contribution in [1.29, 1.82) is 0 Å². The molecule has 1 N–H and O–H groups in total. The zero-order valence-electron chi connectivity index (χ0n) is 16.0. The maximum absolute atomic E-state index is 12.6. The minimum Gasteiger partial charge on any atom is -0.322 e. The highest BCUT2D eigenvalue weighted by molar-refractivity contribution is 7.99. The van der Waals surface area contributed by atoms with Crippen LogP contribution in [-0.4, -0.2) is 31.0 Å². The van der Waals surface area contributed by atoms with E-state index in [2.05, 4.69) is 15.4 Å². The van der Waals surface area contributed by atoms with Gasteiger partial charge in [-0.15, -0.1) is 0 Å². The summed E-state index contributed by atoms with van der Waals surface area (Å²) < 4.78 is 3.86. The summed E-state index contributed by atoms with van der Waals surface area (Å²) in [6.07, 6.45) is 0. The number of anilines is 1. The van der Waals surface area contributed by atoms with Crippen LogP contribution in [0.25, 0.3) is 16.7 Å². The molecule has 0 radical (unpaired) electrons. The van der Waals surface area contributed by atoms with Gasteiger partial charge in [-0.3, -0.25) is 4.79 Å². The SMILES string of the molecule is Cc1nn(-c2ccccc2)c(C)c1NC(=O)CSc1nc2ccccc2n1C. The molecule has 0 bridgehead atoms. The van der Waals surface area contributed by atoms with Crippen molar-refractivity contribution < 1.29 is 4.79 Å². The number of hydrogen-bond acceptors (Lipinski definition) is 4. The molecule has 0 aliphatic heterocycles. The smallest absolute Gasteiger partial charge is 0.234 e. The normalized spacial score (nSPS) is 11.1. The van der Waals surface area contributed by atoms with Gasteiger partial charge in [0.2, 0.25) is 5.91 Å². The number of carbonyl (C=O) groups is 1. The Morgan fingerprint density at radius 3 is 2.54 bits per heavy atom. The Bertz CT molecular complexity index is 1150. The number of amides is 1. The molecule has 0 aliphatic carbocycles. The zero-order valence-corrected chi connectivity index (χ0v) is 16.8. The lowest BCUT2D eigenvalue weighted by atomic mass is 10.3. The molecule has 0 fully saturated rings. The second-order valence-electron chi connectivity index (χ2n) is 6.57.